The standard InChI is InChI=1S/C12H15N3O2/c1-8-10(16)14-12(2,3)11(17)15(8)9-5-4-6-13-7-9/h4-8H,1-3H3,(H,14,16). The summed E-state index contributed by atoms with van der Waals surface area (Å²) >= 11 is 0. The Labute approximate surface area is 99.8 Å². The Morgan fingerprint density at radius 2 is 2.12 bits per heavy atom. The molecule has 90 valence electrons. The van der Waals surface area contributed by atoms with Crippen LogP contribution >= 0.6 is 0 Å². The van der Waals surface area contributed by atoms with E-state index in [4.69, 9.17) is 0 Å². The maximum Gasteiger partial charge on any atom is 0.252 e. The number of nitrogens with one attached hydrogen (secondary N) is 1. The average molecular weight is 233 g/mol. The molecule has 1 saturated heterocycles. The van der Waals surface area contributed by atoms with Crippen LogP contribution in [0.1, 0.15) is 20.8 Å². The quantitative estimate of drug-likeness (QED) is 0.777. The zero-order valence-electron chi connectivity index (χ0n) is 10.1. The second-order valence-electron chi connectivity index (χ2n) is 4.68. The van der Waals surface area contributed by atoms with Crippen molar-refractivity contribution in [2.45, 2.75) is 32.4 Å². The highest BCUT2D eigenvalue weighted by molar-refractivity contribution is 6.10. The van der Waals surface area contributed by atoms with E-state index in [1.807, 2.05) is 0 Å². The lowest BCUT2D eigenvalue weighted by atomic mass is 9.97. The van der Waals surface area contributed by atoms with Gasteiger partial charge in [0.15, 0.2) is 0 Å². The maximum atomic E-state index is 12.3. The van der Waals surface area contributed by atoms with Crippen LogP contribution < -0.4 is 10.2 Å². The third-order valence-corrected chi connectivity index (χ3v) is 2.88. The van der Waals surface area contributed by atoms with Crippen LogP contribution in [0.15, 0.2) is 24.5 Å². The van der Waals surface area contributed by atoms with Crippen LogP contribution in [-0.4, -0.2) is 28.4 Å². The molecule has 1 unspecified atom stereocenters. The summed E-state index contributed by atoms with van der Waals surface area (Å²) in [6.45, 7) is 5.10. The molecule has 5 nitrogen and oxygen atoms in total. The van der Waals surface area contributed by atoms with E-state index in [0.29, 0.717) is 5.69 Å². The minimum atomic E-state index is -0.876. The van der Waals surface area contributed by atoms with E-state index >= 15 is 0 Å². The molecule has 2 heterocycles. The number of anilines is 1. The molecular weight excluding hydrogens is 218 g/mol. The SMILES string of the molecule is CC1C(=O)NC(C)(C)C(=O)N1c1cccnc1. The Morgan fingerprint density at radius 1 is 1.41 bits per heavy atom. The van der Waals surface area contributed by atoms with Gasteiger partial charge in [-0.1, -0.05) is 0 Å². The minimum absolute atomic E-state index is 0.127. The first-order chi connectivity index (χ1) is 7.93. The molecule has 0 aliphatic carbocycles. The normalized spacial score (nSPS) is 23.5. The molecule has 2 rings (SSSR count). The van der Waals surface area contributed by atoms with E-state index in [-0.39, 0.29) is 11.8 Å². The van der Waals surface area contributed by atoms with Crippen LogP contribution in [0.25, 0.3) is 0 Å². The average Bonchev–Trinajstić information content (AvgIpc) is 2.28. The highest BCUT2D eigenvalue weighted by atomic mass is 16.2. The van der Waals surface area contributed by atoms with Gasteiger partial charge in [0.2, 0.25) is 5.91 Å². The lowest BCUT2D eigenvalue weighted by Crippen LogP contribution is -2.67. The van der Waals surface area contributed by atoms with Crippen molar-refractivity contribution in [3.05, 3.63) is 24.5 Å². The van der Waals surface area contributed by atoms with E-state index < -0.39 is 11.6 Å². The molecular formula is C12H15N3O2. The van der Waals surface area contributed by atoms with Gasteiger partial charge in [0.05, 0.1) is 11.9 Å². The number of hydrogen-bond acceptors (Lipinski definition) is 3. The molecule has 0 spiro atoms. The van der Waals surface area contributed by atoms with Gasteiger partial charge in [-0.25, -0.2) is 0 Å². The van der Waals surface area contributed by atoms with E-state index in [2.05, 4.69) is 10.3 Å². The second kappa shape index (κ2) is 3.84. The van der Waals surface area contributed by atoms with Gasteiger partial charge in [-0.3, -0.25) is 19.5 Å². The first kappa shape index (κ1) is 11.6. The minimum Gasteiger partial charge on any atom is -0.340 e. The first-order valence-electron chi connectivity index (χ1n) is 5.49. The monoisotopic (exact) mass is 233 g/mol. The largest absolute Gasteiger partial charge is 0.340 e. The van der Waals surface area contributed by atoms with Crippen molar-refractivity contribution in [3.63, 3.8) is 0 Å². The Morgan fingerprint density at radius 3 is 2.71 bits per heavy atom. The van der Waals surface area contributed by atoms with Gasteiger partial charge in [0.25, 0.3) is 5.91 Å². The van der Waals surface area contributed by atoms with Gasteiger partial charge < -0.3 is 5.32 Å². The van der Waals surface area contributed by atoms with Crippen molar-refractivity contribution in [1.29, 1.82) is 0 Å². The third kappa shape index (κ3) is 1.88. The summed E-state index contributed by atoms with van der Waals surface area (Å²) in [7, 11) is 0. The zero-order chi connectivity index (χ0) is 12.6. The van der Waals surface area contributed by atoms with Crippen LogP contribution in [-0.2, 0) is 9.59 Å². The summed E-state index contributed by atoms with van der Waals surface area (Å²) in [5.41, 5.74) is -0.229. The molecule has 1 atom stereocenters. The topological polar surface area (TPSA) is 62.3 Å². The van der Waals surface area contributed by atoms with Crippen LogP contribution in [0, 0.1) is 0 Å². The fourth-order valence-corrected chi connectivity index (χ4v) is 1.90. The van der Waals surface area contributed by atoms with Crippen molar-refractivity contribution in [2.75, 3.05) is 4.90 Å². The highest BCUT2D eigenvalue weighted by Crippen LogP contribution is 2.24. The van der Waals surface area contributed by atoms with Crippen LogP contribution in [0.4, 0.5) is 5.69 Å². The molecule has 2 amide bonds. The Bertz CT molecular complexity index is 456. The number of piperazine rings is 1. The van der Waals surface area contributed by atoms with Crippen LogP contribution in [0.3, 0.4) is 0 Å². The van der Waals surface area contributed by atoms with Gasteiger partial charge >= 0.3 is 0 Å². The van der Waals surface area contributed by atoms with Crippen molar-refractivity contribution >= 4 is 17.5 Å². The maximum absolute atomic E-state index is 12.3. The van der Waals surface area contributed by atoms with Crippen molar-refractivity contribution in [2.24, 2.45) is 0 Å². The molecule has 1 aromatic heterocycles. The fraction of sp³-hybridized carbons (Fsp3) is 0.417. The molecule has 5 heteroatoms. The lowest BCUT2D eigenvalue weighted by molar-refractivity contribution is -0.136. The number of rotatable bonds is 1. The van der Waals surface area contributed by atoms with E-state index in [0.717, 1.165) is 0 Å². The number of nitrogens with zero attached hydrogens (tertiary/aromatic N) is 2. The first-order valence-corrected chi connectivity index (χ1v) is 5.49. The third-order valence-electron chi connectivity index (χ3n) is 2.88. The summed E-state index contributed by atoms with van der Waals surface area (Å²) in [5.74, 6) is -0.281. The van der Waals surface area contributed by atoms with Crippen molar-refractivity contribution in [1.82, 2.24) is 10.3 Å². The summed E-state index contributed by atoms with van der Waals surface area (Å²) < 4.78 is 0. The van der Waals surface area contributed by atoms with Crippen LogP contribution in [0.5, 0.6) is 0 Å². The second-order valence-corrected chi connectivity index (χ2v) is 4.68. The van der Waals surface area contributed by atoms with Gasteiger partial charge in [0.1, 0.15) is 11.6 Å². The number of carbonyl (C=O) groups is 2. The molecule has 0 radical (unpaired) electrons. The lowest BCUT2D eigenvalue weighted by Gasteiger charge is -2.41. The van der Waals surface area contributed by atoms with Gasteiger partial charge in [-0.15, -0.1) is 0 Å². The highest BCUT2D eigenvalue weighted by Gasteiger charge is 2.44. The molecule has 1 aromatic rings. The van der Waals surface area contributed by atoms with E-state index in [9.17, 15) is 9.59 Å². The summed E-state index contributed by atoms with van der Waals surface area (Å²) in [6.07, 6.45) is 3.22. The van der Waals surface area contributed by atoms with Crippen LogP contribution in [0.2, 0.25) is 0 Å². The summed E-state index contributed by atoms with van der Waals surface area (Å²) in [5, 5.41) is 2.70. The number of amides is 2. The van der Waals surface area contributed by atoms with E-state index in [1.165, 1.54) is 4.90 Å². The Balaban J connectivity index is 2.43. The molecule has 17 heavy (non-hydrogen) atoms. The number of pyridine rings is 1. The number of aromatic nitrogens is 1. The van der Waals surface area contributed by atoms with Gasteiger partial charge in [-0.2, -0.15) is 0 Å². The molecule has 1 aliphatic rings. The molecule has 0 saturated carbocycles. The smallest absolute Gasteiger partial charge is 0.252 e. The zero-order valence-corrected chi connectivity index (χ0v) is 10.1. The van der Waals surface area contributed by atoms with Crippen molar-refractivity contribution < 1.29 is 9.59 Å². The number of hydrogen-bond donors (Lipinski definition) is 1. The molecule has 1 fully saturated rings. The van der Waals surface area contributed by atoms with Gasteiger partial charge in [0, 0.05) is 6.20 Å². The predicted octanol–water partition coefficient (Wildman–Crippen LogP) is 0.711. The Kier molecular flexibility index (Phi) is 2.61. The predicted molar refractivity (Wildman–Crippen MR) is 63.4 cm³/mol. The molecule has 0 aromatic carbocycles. The van der Waals surface area contributed by atoms with Gasteiger partial charge in [-0.05, 0) is 32.9 Å². The number of carbonyl (C=O) groups excluding carboxylic acids is 2. The van der Waals surface area contributed by atoms with Crippen molar-refractivity contribution in [3.8, 4) is 0 Å². The Hall–Kier alpha value is -1.91. The summed E-state index contributed by atoms with van der Waals surface area (Å²) in [6, 6.07) is 3.00. The van der Waals surface area contributed by atoms with E-state index in [1.54, 1.807) is 45.3 Å². The fourth-order valence-electron chi connectivity index (χ4n) is 1.90. The molecule has 0 bridgehead atoms. The summed E-state index contributed by atoms with van der Waals surface area (Å²) in [4.78, 5) is 29.6. The molecule has 1 aliphatic heterocycles. The molecule has 1 N–H and O–H groups in total.